The second-order valence-electron chi connectivity index (χ2n) is 11.4. The molecule has 0 aliphatic heterocycles. The van der Waals surface area contributed by atoms with Crippen LogP contribution in [0.1, 0.15) is 76.6 Å². The van der Waals surface area contributed by atoms with E-state index in [2.05, 4.69) is 29.8 Å². The van der Waals surface area contributed by atoms with Crippen molar-refractivity contribution in [3.05, 3.63) is 29.8 Å². The molecule has 1 aromatic rings. The van der Waals surface area contributed by atoms with Crippen LogP contribution in [-0.4, -0.2) is 75.4 Å². The van der Waals surface area contributed by atoms with E-state index in [1.807, 2.05) is 26.0 Å². The van der Waals surface area contributed by atoms with Gasteiger partial charge in [0.25, 0.3) is 5.91 Å². The second kappa shape index (κ2) is 22.2. The highest BCUT2D eigenvalue weighted by atomic mass is 35.5. The first kappa shape index (κ1) is 39.6. The number of carbonyl (C=O) groups is 3. The summed E-state index contributed by atoms with van der Waals surface area (Å²) < 4.78 is 10.9. The summed E-state index contributed by atoms with van der Waals surface area (Å²) in [5.41, 5.74) is 6.92. The number of hydrogen-bond donors (Lipinski definition) is 5. The molecule has 42 heavy (non-hydrogen) atoms. The molecule has 0 aliphatic rings. The standard InChI is InChI=1S/C31H54N4O6.ClH/c1-21(2)23(20-35-30(38)24-12-7-8-13-28(24)41-17-10-9-16-40-6)18-26(32)27(36)19-25(22(3)4)31(39)34-15-11-14-29(37)33-5;/h7-8,12-13,21-23,25-27,36H,9-11,14-20,32H2,1-6H3,(H,33,37)(H,34,39)(H,35,38);1H/t23-,25+,26+,27+;/m1./s1. The van der Waals surface area contributed by atoms with Gasteiger partial charge in [0, 0.05) is 52.2 Å². The zero-order valence-corrected chi connectivity index (χ0v) is 27.1. The van der Waals surface area contributed by atoms with E-state index in [0.717, 1.165) is 12.8 Å². The van der Waals surface area contributed by atoms with Crippen LogP contribution in [0, 0.1) is 23.7 Å². The molecule has 4 atom stereocenters. The summed E-state index contributed by atoms with van der Waals surface area (Å²) in [5, 5.41) is 19.4. The number of ether oxygens (including phenoxy) is 2. The van der Waals surface area contributed by atoms with E-state index >= 15 is 0 Å². The smallest absolute Gasteiger partial charge is 0.255 e. The third-order valence-corrected chi connectivity index (χ3v) is 7.46. The van der Waals surface area contributed by atoms with Gasteiger partial charge in [0.15, 0.2) is 0 Å². The lowest BCUT2D eigenvalue weighted by molar-refractivity contribution is -0.128. The Hall–Kier alpha value is -2.40. The minimum Gasteiger partial charge on any atom is -0.493 e. The third-order valence-electron chi connectivity index (χ3n) is 7.46. The van der Waals surface area contributed by atoms with Crippen LogP contribution in [0.3, 0.4) is 0 Å². The topological polar surface area (TPSA) is 152 Å². The van der Waals surface area contributed by atoms with Crippen LogP contribution in [-0.2, 0) is 14.3 Å². The third kappa shape index (κ3) is 15.2. The lowest BCUT2D eigenvalue weighted by Crippen LogP contribution is -2.44. The van der Waals surface area contributed by atoms with Crippen molar-refractivity contribution in [1.82, 2.24) is 16.0 Å². The number of halogens is 1. The molecule has 0 aliphatic carbocycles. The van der Waals surface area contributed by atoms with Crippen molar-refractivity contribution >= 4 is 30.1 Å². The van der Waals surface area contributed by atoms with Crippen LogP contribution in [0.5, 0.6) is 5.75 Å². The molecule has 0 spiro atoms. The molecular formula is C31H55ClN4O6. The lowest BCUT2D eigenvalue weighted by Gasteiger charge is -2.30. The number of aliphatic hydroxyl groups is 1. The van der Waals surface area contributed by atoms with E-state index < -0.39 is 18.1 Å². The van der Waals surface area contributed by atoms with Gasteiger partial charge in [-0.3, -0.25) is 14.4 Å². The highest BCUT2D eigenvalue weighted by Crippen LogP contribution is 2.24. The number of nitrogens with two attached hydrogens (primary N) is 1. The van der Waals surface area contributed by atoms with Crippen LogP contribution in [0.15, 0.2) is 24.3 Å². The molecule has 11 heteroatoms. The van der Waals surface area contributed by atoms with Gasteiger partial charge in [-0.05, 0) is 62.0 Å². The average molecular weight is 615 g/mol. The van der Waals surface area contributed by atoms with E-state index in [9.17, 15) is 19.5 Å². The van der Waals surface area contributed by atoms with Crippen molar-refractivity contribution in [2.24, 2.45) is 29.4 Å². The van der Waals surface area contributed by atoms with Crippen molar-refractivity contribution in [3.8, 4) is 5.75 Å². The molecular weight excluding hydrogens is 560 g/mol. The van der Waals surface area contributed by atoms with Crippen LogP contribution in [0.25, 0.3) is 0 Å². The second-order valence-corrected chi connectivity index (χ2v) is 11.4. The highest BCUT2D eigenvalue weighted by Gasteiger charge is 2.30. The number of carbonyl (C=O) groups excluding carboxylic acids is 3. The maximum Gasteiger partial charge on any atom is 0.255 e. The Bertz CT molecular complexity index is 917. The minimum atomic E-state index is -0.872. The van der Waals surface area contributed by atoms with Gasteiger partial charge in [-0.2, -0.15) is 0 Å². The van der Waals surface area contributed by atoms with Crippen molar-refractivity contribution in [3.63, 3.8) is 0 Å². The Labute approximate surface area is 258 Å². The molecule has 0 heterocycles. The first-order chi connectivity index (χ1) is 19.5. The molecule has 1 aromatic carbocycles. The summed E-state index contributed by atoms with van der Waals surface area (Å²) in [7, 11) is 3.25. The van der Waals surface area contributed by atoms with Crippen molar-refractivity contribution < 1.29 is 29.0 Å². The summed E-state index contributed by atoms with van der Waals surface area (Å²) in [5.74, 6) is -0.0317. The van der Waals surface area contributed by atoms with Crippen molar-refractivity contribution in [2.75, 3.05) is 40.5 Å². The summed E-state index contributed by atoms with van der Waals surface area (Å²) in [6.45, 7) is 9.99. The minimum absolute atomic E-state index is 0. The SMILES string of the molecule is CNC(=O)CCCNC(=O)[C@@H](C[C@H](O)[C@@H](N)C[C@H](CNC(=O)c1ccccc1OCCCCOC)C(C)C)C(C)C.Cl. The number of unbranched alkanes of at least 4 members (excludes halogenated alkanes) is 1. The van der Waals surface area contributed by atoms with E-state index in [1.54, 1.807) is 26.3 Å². The molecule has 0 saturated heterocycles. The fraction of sp³-hybridized carbons (Fsp3) is 0.710. The molecule has 3 amide bonds. The zero-order chi connectivity index (χ0) is 30.8. The Kier molecular flexibility index (Phi) is 20.9. The molecule has 0 saturated carbocycles. The van der Waals surface area contributed by atoms with E-state index in [-0.39, 0.29) is 54.3 Å². The van der Waals surface area contributed by atoms with Gasteiger partial charge in [-0.25, -0.2) is 0 Å². The van der Waals surface area contributed by atoms with Gasteiger partial charge in [0.1, 0.15) is 5.75 Å². The van der Waals surface area contributed by atoms with E-state index in [4.69, 9.17) is 15.2 Å². The van der Waals surface area contributed by atoms with Gasteiger partial charge >= 0.3 is 0 Å². The van der Waals surface area contributed by atoms with Crippen LogP contribution in [0.4, 0.5) is 0 Å². The quantitative estimate of drug-likeness (QED) is 0.133. The molecule has 0 radical (unpaired) electrons. The normalized spacial score (nSPS) is 14.0. The van der Waals surface area contributed by atoms with Crippen LogP contribution in [0.2, 0.25) is 0 Å². The summed E-state index contributed by atoms with van der Waals surface area (Å²) >= 11 is 0. The summed E-state index contributed by atoms with van der Waals surface area (Å²) in [6, 6.07) is 6.64. The maximum atomic E-state index is 13.0. The van der Waals surface area contributed by atoms with Gasteiger partial charge in [0.2, 0.25) is 11.8 Å². The Morgan fingerprint density at radius 3 is 2.24 bits per heavy atom. The first-order valence-corrected chi connectivity index (χ1v) is 14.9. The molecule has 0 bridgehead atoms. The molecule has 242 valence electrons. The fourth-order valence-electron chi connectivity index (χ4n) is 4.56. The number of hydrogen-bond acceptors (Lipinski definition) is 7. The van der Waals surface area contributed by atoms with Gasteiger partial charge in [0.05, 0.1) is 18.3 Å². The predicted octanol–water partition coefficient (Wildman–Crippen LogP) is 3.30. The maximum absolute atomic E-state index is 13.0. The zero-order valence-electron chi connectivity index (χ0n) is 26.3. The Morgan fingerprint density at radius 1 is 0.952 bits per heavy atom. The molecule has 0 unspecified atom stereocenters. The molecule has 0 fully saturated rings. The molecule has 1 rings (SSSR count). The number of rotatable bonds is 21. The number of para-hydroxylation sites is 1. The summed E-state index contributed by atoms with van der Waals surface area (Å²) in [6.07, 6.45) is 2.47. The molecule has 0 aromatic heterocycles. The van der Waals surface area contributed by atoms with Crippen LogP contribution >= 0.6 is 12.4 Å². The van der Waals surface area contributed by atoms with Gasteiger partial charge in [-0.15, -0.1) is 12.4 Å². The van der Waals surface area contributed by atoms with Crippen molar-refractivity contribution in [1.29, 1.82) is 0 Å². The summed E-state index contributed by atoms with van der Waals surface area (Å²) in [4.78, 5) is 37.2. The van der Waals surface area contributed by atoms with E-state index in [0.29, 0.717) is 56.9 Å². The van der Waals surface area contributed by atoms with Gasteiger partial charge < -0.3 is 36.3 Å². The largest absolute Gasteiger partial charge is 0.493 e. The lowest BCUT2D eigenvalue weighted by atomic mass is 9.83. The van der Waals surface area contributed by atoms with Crippen molar-refractivity contribution in [2.45, 2.75) is 78.4 Å². The Balaban J connectivity index is 0.0000168. The molecule has 6 N–H and O–H groups in total. The number of aliphatic hydroxyl groups excluding tert-OH is 1. The number of amides is 3. The Morgan fingerprint density at radius 2 is 1.62 bits per heavy atom. The molecule has 10 nitrogen and oxygen atoms in total. The first-order valence-electron chi connectivity index (χ1n) is 14.9. The van der Waals surface area contributed by atoms with E-state index in [1.165, 1.54) is 0 Å². The number of methoxy groups -OCH3 is 1. The predicted molar refractivity (Wildman–Crippen MR) is 169 cm³/mol. The number of nitrogens with one attached hydrogen (secondary N) is 3. The number of benzene rings is 1. The highest BCUT2D eigenvalue weighted by molar-refractivity contribution is 5.96. The average Bonchev–Trinajstić information content (AvgIpc) is 2.95. The van der Waals surface area contributed by atoms with Crippen LogP contribution < -0.4 is 26.4 Å². The fourth-order valence-corrected chi connectivity index (χ4v) is 4.56. The van der Waals surface area contributed by atoms with Gasteiger partial charge in [-0.1, -0.05) is 39.8 Å². The monoisotopic (exact) mass is 614 g/mol.